The predicted molar refractivity (Wildman–Crippen MR) is 258 cm³/mol. The third kappa shape index (κ3) is 17.4. The molecular weight excluding hydrogens is 904 g/mol. The molecule has 1 aromatic carbocycles. The van der Waals surface area contributed by atoms with Gasteiger partial charge in [-0.3, -0.25) is 28.9 Å². The van der Waals surface area contributed by atoms with Crippen molar-refractivity contribution < 1.29 is 42.6 Å². The molecule has 2 N–H and O–H groups in total. The largest absolute Gasteiger partial charge is 0.455 e. The number of amides is 3. The number of nitrogens with zero attached hydrogens (tertiary/aromatic N) is 4. The van der Waals surface area contributed by atoms with Gasteiger partial charge in [0.25, 0.3) is 5.91 Å². The number of benzene rings is 1. The quantitative estimate of drug-likeness (QED) is 0.0446. The summed E-state index contributed by atoms with van der Waals surface area (Å²) in [6, 6.07) is 10.3. The van der Waals surface area contributed by atoms with Crippen molar-refractivity contribution in [3.8, 4) is 0 Å². The van der Waals surface area contributed by atoms with E-state index < -0.39 is 53.8 Å². The second-order valence-electron chi connectivity index (χ2n) is 17.5. The summed E-state index contributed by atoms with van der Waals surface area (Å²) < 4.78 is 24.9. The van der Waals surface area contributed by atoms with Gasteiger partial charge >= 0.3 is 12.1 Å². The van der Waals surface area contributed by atoms with Gasteiger partial charge < -0.3 is 25.0 Å². The van der Waals surface area contributed by atoms with E-state index in [0.717, 1.165) is 54.2 Å². The Morgan fingerprint density at radius 2 is 1.77 bits per heavy atom. The molecule has 362 valence electrons. The molecule has 1 unspecified atom stereocenters. The maximum Gasteiger partial charge on any atom is 0.407 e. The molecule has 3 heterocycles. The van der Waals surface area contributed by atoms with E-state index in [-0.39, 0.29) is 79.9 Å². The van der Waals surface area contributed by atoms with Crippen molar-refractivity contribution in [1.29, 1.82) is 0 Å². The lowest BCUT2D eigenvalue weighted by Gasteiger charge is -2.37. The number of thiazole rings is 1. The number of hydrogen-bond donors (Lipinski definition) is 2. The number of alkyl carbamates (subject to hydrolysis) is 1. The number of piperidine rings is 1. The molecule has 0 saturated carbocycles. The first-order chi connectivity index (χ1) is 31.5. The Bertz CT molecular complexity index is 2040. The van der Waals surface area contributed by atoms with Crippen LogP contribution in [0, 0.1) is 29.5 Å². The lowest BCUT2D eigenvalue weighted by molar-refractivity contribution is -0.149. The maximum atomic E-state index is 14.4. The highest BCUT2D eigenvalue weighted by Gasteiger charge is 2.38. The molecule has 0 aliphatic carbocycles. The zero-order chi connectivity index (χ0) is 48.3. The first-order valence-corrected chi connectivity index (χ1v) is 26.0. The molecule has 0 radical (unpaired) electrons. The van der Waals surface area contributed by atoms with Crippen LogP contribution < -0.4 is 10.6 Å². The van der Waals surface area contributed by atoms with Gasteiger partial charge in [-0.15, -0.1) is 11.3 Å². The fourth-order valence-corrected chi connectivity index (χ4v) is 10.6. The number of likely N-dealkylation sites (tertiary alicyclic amines) is 1. The second kappa shape index (κ2) is 27.4. The zero-order valence-corrected chi connectivity index (χ0v) is 41.9. The van der Waals surface area contributed by atoms with Gasteiger partial charge in [0.15, 0.2) is 17.7 Å². The summed E-state index contributed by atoms with van der Waals surface area (Å²) in [5.41, 5.74) is 0.806. The van der Waals surface area contributed by atoms with Crippen molar-refractivity contribution in [1.82, 2.24) is 30.4 Å². The minimum absolute atomic E-state index is 0.0360. The summed E-state index contributed by atoms with van der Waals surface area (Å²) in [7, 11) is 6.67. The normalized spacial score (nSPS) is 16.8. The number of ether oxygens (including phenoxy) is 2. The number of carbonyl (C=O) groups is 6. The van der Waals surface area contributed by atoms with Crippen molar-refractivity contribution in [3.63, 3.8) is 0 Å². The summed E-state index contributed by atoms with van der Waals surface area (Å²) in [6.07, 6.45) is 4.50. The first kappa shape index (κ1) is 54.2. The fraction of sp³-hybridized carbons (Fsp3) is 0.583. The van der Waals surface area contributed by atoms with Crippen LogP contribution in [-0.2, 0) is 35.1 Å². The number of nitrogens with one attached hydrogen (secondary N) is 2. The third-order valence-corrected chi connectivity index (χ3v) is 15.3. The van der Waals surface area contributed by atoms with Gasteiger partial charge in [-0.2, -0.15) is 0 Å². The van der Waals surface area contributed by atoms with Crippen molar-refractivity contribution in [2.75, 3.05) is 39.5 Å². The first-order valence-electron chi connectivity index (χ1n) is 22.8. The van der Waals surface area contributed by atoms with Gasteiger partial charge in [-0.05, 0) is 91.7 Å². The molecule has 1 saturated heterocycles. The van der Waals surface area contributed by atoms with E-state index in [0.29, 0.717) is 10.8 Å². The Balaban J connectivity index is 1.42. The molecule has 18 heteroatoms. The Morgan fingerprint density at radius 1 is 1.03 bits per heavy atom. The number of esters is 1. The lowest BCUT2D eigenvalue weighted by atomic mass is 9.83. The molecule has 1 aliphatic rings. The van der Waals surface area contributed by atoms with Crippen LogP contribution in [0.2, 0.25) is 0 Å². The van der Waals surface area contributed by atoms with E-state index in [1.807, 2.05) is 52.9 Å². The number of likely N-dealkylation sites (N-methyl/N-ethyl adjacent to an activating group) is 1. The molecule has 2 aromatic heterocycles. The summed E-state index contributed by atoms with van der Waals surface area (Å²) in [6.45, 7) is 11.7. The number of halogens is 1. The van der Waals surface area contributed by atoms with Crippen LogP contribution >= 0.6 is 32.9 Å². The van der Waals surface area contributed by atoms with Crippen LogP contribution in [-0.4, -0.2) is 113 Å². The molecule has 66 heavy (non-hydrogen) atoms. The lowest BCUT2D eigenvalue weighted by Crippen LogP contribution is -2.48. The fourth-order valence-electron chi connectivity index (χ4n) is 8.08. The van der Waals surface area contributed by atoms with E-state index in [9.17, 15) is 33.2 Å². The minimum atomic E-state index is -0.882. The highest BCUT2D eigenvalue weighted by atomic mass is 33.1. The van der Waals surface area contributed by atoms with Crippen molar-refractivity contribution >= 4 is 68.4 Å². The van der Waals surface area contributed by atoms with Gasteiger partial charge in [0.2, 0.25) is 5.91 Å². The van der Waals surface area contributed by atoms with Gasteiger partial charge in [0, 0.05) is 68.1 Å². The molecule has 1 fully saturated rings. The smallest absolute Gasteiger partial charge is 0.407 e. The topological polar surface area (TPSA) is 177 Å². The van der Waals surface area contributed by atoms with E-state index in [4.69, 9.17) is 9.47 Å². The predicted octanol–water partition coefficient (Wildman–Crippen LogP) is 8.36. The van der Waals surface area contributed by atoms with Gasteiger partial charge in [0.1, 0.15) is 28.2 Å². The van der Waals surface area contributed by atoms with Crippen molar-refractivity contribution in [2.24, 2.45) is 23.7 Å². The molecule has 4 rings (SSSR count). The number of hydrogen-bond acceptors (Lipinski definition) is 14. The monoisotopic (exact) mass is 970 g/mol. The SMILES string of the molecule is CCC(C)[C@H](CC(=O)[C@H]1CCCCN1C)C(=O)N(C)[C@H](C[C@@H](OC(C)=O)c1nc(C(=O)N[C@@H](Cc2ccc(F)cc2)C[C@H](C)C(=O)CNC(=O)OCCSSc2ccccn2)cs1)C(C)C. The van der Waals surface area contributed by atoms with Crippen LogP contribution in [0.15, 0.2) is 59.1 Å². The molecule has 3 amide bonds. The van der Waals surface area contributed by atoms with Gasteiger partial charge in [-0.25, -0.2) is 19.2 Å². The van der Waals surface area contributed by atoms with Crippen LogP contribution in [0.4, 0.5) is 9.18 Å². The third-order valence-electron chi connectivity index (χ3n) is 12.1. The van der Waals surface area contributed by atoms with Crippen molar-refractivity contribution in [3.05, 3.63) is 76.1 Å². The van der Waals surface area contributed by atoms with Crippen molar-refractivity contribution in [2.45, 2.75) is 122 Å². The Hall–Kier alpha value is -4.39. The van der Waals surface area contributed by atoms with Crippen LogP contribution in [0.3, 0.4) is 0 Å². The number of rotatable bonds is 26. The number of Topliss-reactive ketones (excluding diaryl/α,β-unsaturated/α-hetero) is 2. The van der Waals surface area contributed by atoms with E-state index in [1.54, 1.807) is 42.6 Å². The Kier molecular flexibility index (Phi) is 22.5. The van der Waals surface area contributed by atoms with Crippen LogP contribution in [0.1, 0.15) is 114 Å². The molecule has 7 atom stereocenters. The minimum Gasteiger partial charge on any atom is -0.455 e. The second-order valence-corrected chi connectivity index (χ2v) is 20.8. The zero-order valence-electron chi connectivity index (χ0n) is 39.5. The van der Waals surface area contributed by atoms with E-state index >= 15 is 0 Å². The molecule has 0 spiro atoms. The molecular formula is C48H67FN6O8S3. The molecule has 14 nitrogen and oxygen atoms in total. The molecule has 1 aliphatic heterocycles. The summed E-state index contributed by atoms with van der Waals surface area (Å²) >= 11 is 1.15. The van der Waals surface area contributed by atoms with Crippen LogP contribution in [0.5, 0.6) is 0 Å². The van der Waals surface area contributed by atoms with Gasteiger partial charge in [-0.1, -0.05) is 76.5 Å². The highest BCUT2D eigenvalue weighted by molar-refractivity contribution is 8.76. The summed E-state index contributed by atoms with van der Waals surface area (Å²) in [4.78, 5) is 92.7. The van der Waals surface area contributed by atoms with Crippen LogP contribution in [0.25, 0.3) is 0 Å². The highest BCUT2D eigenvalue weighted by Crippen LogP contribution is 2.33. The number of ketones is 2. The Morgan fingerprint density at radius 3 is 2.42 bits per heavy atom. The molecule has 3 aromatic rings. The number of carbonyl (C=O) groups excluding carboxylic acids is 6. The number of aromatic nitrogens is 2. The summed E-state index contributed by atoms with van der Waals surface area (Å²) in [5, 5.41) is 8.30. The van der Waals surface area contributed by atoms with E-state index in [1.165, 1.54) is 40.6 Å². The molecule has 0 bridgehead atoms. The average Bonchev–Trinajstić information content (AvgIpc) is 3.79. The Labute approximate surface area is 401 Å². The number of pyridine rings is 1. The summed E-state index contributed by atoms with van der Waals surface area (Å²) in [5.74, 6) is -2.49. The average molecular weight is 971 g/mol. The maximum absolute atomic E-state index is 14.4. The standard InChI is InChI=1S/C48H67FN6O8S3/c1-9-31(4)37(26-41(57)39-14-11-13-21-54(39)7)47(60)55(8)40(30(2)3)27-43(63-33(6)56)46-53-38(29-64-46)45(59)52-36(25-34-16-18-35(49)19-17-34)24-32(5)42(58)28-51-48(61)62-22-23-65-66-44-15-10-12-20-50-44/h10,12,15-20,29-32,36-37,39-40,43H,9,11,13-14,21-28H2,1-8H3,(H,51,61)(H,52,59)/t31?,32-,36+,37-,39+,40+,43+/m0/s1. The van der Waals surface area contributed by atoms with Gasteiger partial charge in [0.05, 0.1) is 12.6 Å². The van der Waals surface area contributed by atoms with E-state index in [2.05, 4.69) is 25.5 Å².